The van der Waals surface area contributed by atoms with Crippen LogP contribution in [-0.2, 0) is 19.7 Å². The molecule has 0 radical (unpaired) electrons. The van der Waals surface area contributed by atoms with E-state index >= 15 is 0 Å². The lowest BCUT2D eigenvalue weighted by Gasteiger charge is -2.36. The first-order valence-corrected chi connectivity index (χ1v) is 10.4. The summed E-state index contributed by atoms with van der Waals surface area (Å²) in [6, 6.07) is 7.87. The van der Waals surface area contributed by atoms with Crippen LogP contribution in [0.1, 0.15) is 70.3 Å². The Morgan fingerprint density at radius 1 is 1.11 bits per heavy atom. The second-order valence-electron chi connectivity index (χ2n) is 7.86. The number of ether oxygens (including phenoxy) is 1. The molecule has 27 heavy (non-hydrogen) atoms. The fourth-order valence-corrected chi connectivity index (χ4v) is 4.31. The second kappa shape index (κ2) is 9.36. The monoisotopic (exact) mass is 372 g/mol. The molecule has 1 aliphatic heterocycles. The predicted octanol–water partition coefficient (Wildman–Crippen LogP) is 3.92. The molecular weight excluding hydrogens is 340 g/mol. The summed E-state index contributed by atoms with van der Waals surface area (Å²) in [5.41, 5.74) is 1.39. The van der Waals surface area contributed by atoms with Gasteiger partial charge in [-0.05, 0) is 49.8 Å². The van der Waals surface area contributed by atoms with Gasteiger partial charge in [-0.3, -0.25) is 9.59 Å². The molecule has 1 aromatic carbocycles. The Labute approximate surface area is 162 Å². The highest BCUT2D eigenvalue weighted by Gasteiger charge is 2.41. The van der Waals surface area contributed by atoms with Crippen molar-refractivity contribution in [2.75, 3.05) is 18.5 Å². The summed E-state index contributed by atoms with van der Waals surface area (Å²) in [6.45, 7) is 3.40. The number of hydrogen-bond acceptors (Lipinski definition) is 3. The highest BCUT2D eigenvalue weighted by atomic mass is 16.5. The molecule has 2 fully saturated rings. The van der Waals surface area contributed by atoms with E-state index in [0.29, 0.717) is 13.0 Å². The van der Waals surface area contributed by atoms with Gasteiger partial charge in [0.15, 0.2) is 0 Å². The minimum Gasteiger partial charge on any atom is -0.376 e. The average molecular weight is 373 g/mol. The van der Waals surface area contributed by atoms with Crippen LogP contribution < -0.4 is 10.6 Å². The highest BCUT2D eigenvalue weighted by molar-refractivity contribution is 5.91. The molecule has 1 aliphatic carbocycles. The number of amides is 2. The van der Waals surface area contributed by atoms with Crippen molar-refractivity contribution in [2.24, 2.45) is 0 Å². The number of anilines is 1. The first-order chi connectivity index (χ1) is 13.1. The third-order valence-electron chi connectivity index (χ3n) is 5.85. The zero-order chi connectivity index (χ0) is 19.1. The van der Waals surface area contributed by atoms with E-state index in [-0.39, 0.29) is 17.9 Å². The Bertz CT molecular complexity index is 629. The van der Waals surface area contributed by atoms with Crippen LogP contribution in [-0.4, -0.2) is 31.1 Å². The molecule has 0 aromatic heterocycles. The molecule has 1 aromatic rings. The summed E-state index contributed by atoms with van der Waals surface area (Å²) in [6.07, 6.45) is 8.71. The summed E-state index contributed by atoms with van der Waals surface area (Å²) in [4.78, 5) is 25.0. The minimum absolute atomic E-state index is 0.0342. The Morgan fingerprint density at radius 2 is 1.85 bits per heavy atom. The smallest absolute Gasteiger partial charge is 0.230 e. The van der Waals surface area contributed by atoms with Crippen LogP contribution in [0, 0.1) is 0 Å². The van der Waals surface area contributed by atoms with Gasteiger partial charge in [-0.25, -0.2) is 0 Å². The van der Waals surface area contributed by atoms with Crippen molar-refractivity contribution in [3.63, 3.8) is 0 Å². The maximum absolute atomic E-state index is 13.2. The van der Waals surface area contributed by atoms with Gasteiger partial charge in [0.1, 0.15) is 0 Å². The molecule has 148 valence electrons. The Hall–Kier alpha value is -1.88. The largest absolute Gasteiger partial charge is 0.376 e. The zero-order valence-electron chi connectivity index (χ0n) is 16.4. The molecular formula is C22H32N2O3. The van der Waals surface area contributed by atoms with E-state index in [1.165, 1.54) is 6.42 Å². The number of rotatable bonds is 7. The van der Waals surface area contributed by atoms with Crippen LogP contribution in [0.15, 0.2) is 24.3 Å². The first kappa shape index (κ1) is 19.9. The van der Waals surface area contributed by atoms with Crippen molar-refractivity contribution in [3.8, 4) is 0 Å². The molecule has 1 heterocycles. The van der Waals surface area contributed by atoms with Crippen molar-refractivity contribution >= 4 is 17.5 Å². The van der Waals surface area contributed by atoms with Gasteiger partial charge in [0, 0.05) is 25.3 Å². The normalized spacial score (nSPS) is 21.6. The van der Waals surface area contributed by atoms with Gasteiger partial charge >= 0.3 is 0 Å². The minimum atomic E-state index is -0.456. The molecule has 1 saturated carbocycles. The van der Waals surface area contributed by atoms with E-state index in [9.17, 15) is 9.59 Å². The van der Waals surface area contributed by atoms with Crippen molar-refractivity contribution in [1.82, 2.24) is 5.32 Å². The third kappa shape index (κ3) is 4.89. The van der Waals surface area contributed by atoms with E-state index in [1.807, 2.05) is 31.2 Å². The van der Waals surface area contributed by atoms with Crippen LogP contribution in [0.3, 0.4) is 0 Å². The summed E-state index contributed by atoms with van der Waals surface area (Å²) in [5.74, 6) is 0.160. The van der Waals surface area contributed by atoms with Crippen molar-refractivity contribution in [3.05, 3.63) is 29.8 Å². The van der Waals surface area contributed by atoms with E-state index in [0.717, 1.165) is 62.8 Å². The van der Waals surface area contributed by atoms with Crippen LogP contribution in [0.2, 0.25) is 0 Å². The maximum Gasteiger partial charge on any atom is 0.230 e. The fraction of sp³-hybridized carbons (Fsp3) is 0.636. The summed E-state index contributed by atoms with van der Waals surface area (Å²) >= 11 is 0. The van der Waals surface area contributed by atoms with E-state index in [1.54, 1.807) is 0 Å². The number of nitrogens with one attached hydrogen (secondary N) is 2. The number of carbonyl (C=O) groups excluding carboxylic acids is 2. The Morgan fingerprint density at radius 3 is 2.48 bits per heavy atom. The zero-order valence-corrected chi connectivity index (χ0v) is 16.4. The summed E-state index contributed by atoms with van der Waals surface area (Å²) in [7, 11) is 0. The van der Waals surface area contributed by atoms with E-state index in [2.05, 4.69) is 10.6 Å². The molecule has 2 aliphatic rings. The summed E-state index contributed by atoms with van der Waals surface area (Å²) in [5, 5.41) is 6.08. The molecule has 1 atom stereocenters. The predicted molar refractivity (Wildman–Crippen MR) is 107 cm³/mol. The number of benzene rings is 1. The second-order valence-corrected chi connectivity index (χ2v) is 7.86. The number of carbonyl (C=O) groups is 2. The Balaban J connectivity index is 1.71. The van der Waals surface area contributed by atoms with Gasteiger partial charge < -0.3 is 15.4 Å². The standard InChI is InChI=1S/C22H32N2O3/c1-2-7-20(25)24-18-11-9-17(10-12-18)22(13-4-3-5-14-22)21(26)23-16-19-8-6-15-27-19/h9-12,19H,2-8,13-16H2,1H3,(H,23,26)(H,24,25). The quantitative estimate of drug-likeness (QED) is 0.762. The molecule has 0 bridgehead atoms. The van der Waals surface area contributed by atoms with Crippen LogP contribution in [0.4, 0.5) is 5.69 Å². The van der Waals surface area contributed by atoms with Crippen molar-refractivity contribution in [2.45, 2.75) is 76.2 Å². The topological polar surface area (TPSA) is 67.4 Å². The van der Waals surface area contributed by atoms with Crippen LogP contribution in [0.25, 0.3) is 0 Å². The Kier molecular flexibility index (Phi) is 6.89. The van der Waals surface area contributed by atoms with Crippen molar-refractivity contribution in [1.29, 1.82) is 0 Å². The number of hydrogen-bond donors (Lipinski definition) is 2. The molecule has 2 amide bonds. The molecule has 2 N–H and O–H groups in total. The summed E-state index contributed by atoms with van der Waals surface area (Å²) < 4.78 is 5.65. The molecule has 1 unspecified atom stereocenters. The third-order valence-corrected chi connectivity index (χ3v) is 5.85. The molecule has 5 heteroatoms. The van der Waals surface area contributed by atoms with Crippen LogP contribution >= 0.6 is 0 Å². The van der Waals surface area contributed by atoms with Crippen molar-refractivity contribution < 1.29 is 14.3 Å². The fourth-order valence-electron chi connectivity index (χ4n) is 4.31. The SMILES string of the molecule is CCCC(=O)Nc1ccc(C2(C(=O)NCC3CCCO3)CCCCC2)cc1. The highest BCUT2D eigenvalue weighted by Crippen LogP contribution is 2.40. The van der Waals surface area contributed by atoms with Crippen LogP contribution in [0.5, 0.6) is 0 Å². The molecule has 0 spiro atoms. The van der Waals surface area contributed by atoms with Gasteiger partial charge in [-0.15, -0.1) is 0 Å². The lowest BCUT2D eigenvalue weighted by atomic mass is 9.68. The van der Waals surface area contributed by atoms with E-state index in [4.69, 9.17) is 4.74 Å². The van der Waals surface area contributed by atoms with E-state index < -0.39 is 5.41 Å². The first-order valence-electron chi connectivity index (χ1n) is 10.4. The molecule has 1 saturated heterocycles. The van der Waals surface area contributed by atoms with Gasteiger partial charge in [0.25, 0.3) is 0 Å². The molecule has 3 rings (SSSR count). The lowest BCUT2D eigenvalue weighted by Crippen LogP contribution is -2.47. The molecule has 5 nitrogen and oxygen atoms in total. The average Bonchev–Trinajstić information content (AvgIpc) is 3.21. The van der Waals surface area contributed by atoms with Gasteiger partial charge in [-0.1, -0.05) is 38.3 Å². The van der Waals surface area contributed by atoms with Gasteiger partial charge in [-0.2, -0.15) is 0 Å². The van der Waals surface area contributed by atoms with Gasteiger partial charge in [0.05, 0.1) is 11.5 Å². The maximum atomic E-state index is 13.2. The lowest BCUT2D eigenvalue weighted by molar-refractivity contribution is -0.128. The van der Waals surface area contributed by atoms with Gasteiger partial charge in [0.2, 0.25) is 11.8 Å².